The standard InChI is InChI=1S/C43H42ClF3N6O4/c1-27-37(42(56)53(32-8-10-35(54)11-9-32)33-20-29-13-14-49(2)40(29)48-23-33)22-39(52(27)26-43(45,46)47)38-21-31(44)7-12-36(38)41(55)51-24-30-6-4-3-5-28(30)19-34(51)25-50-15-17-57-18-16-50/h3-12,20-23,34,54H,13-19,24-26H2,1-2H3/t34-/m0/s1. The zero-order valence-corrected chi connectivity index (χ0v) is 32.4. The van der Waals surface area contributed by atoms with Crippen LogP contribution in [0.4, 0.5) is 30.4 Å². The van der Waals surface area contributed by atoms with Gasteiger partial charge in [-0.15, -0.1) is 0 Å². The van der Waals surface area contributed by atoms with E-state index in [9.17, 15) is 27.9 Å². The highest BCUT2D eigenvalue weighted by Gasteiger charge is 2.37. The zero-order chi connectivity index (χ0) is 40.0. The van der Waals surface area contributed by atoms with Gasteiger partial charge in [-0.2, -0.15) is 13.2 Å². The summed E-state index contributed by atoms with van der Waals surface area (Å²) in [5.74, 6) is -0.187. The average molecular weight is 799 g/mol. The van der Waals surface area contributed by atoms with E-state index in [1.165, 1.54) is 36.1 Å². The first kappa shape index (κ1) is 38.5. The second kappa shape index (κ2) is 15.5. The molecule has 57 heavy (non-hydrogen) atoms. The summed E-state index contributed by atoms with van der Waals surface area (Å²) in [5, 5.41) is 10.3. The number of phenols is 1. The molecule has 8 rings (SSSR count). The number of carbonyl (C=O) groups is 2. The Morgan fingerprint density at radius 2 is 1.67 bits per heavy atom. The fourth-order valence-electron chi connectivity index (χ4n) is 8.25. The van der Waals surface area contributed by atoms with Gasteiger partial charge in [-0.3, -0.25) is 19.4 Å². The van der Waals surface area contributed by atoms with E-state index in [0.717, 1.165) is 46.7 Å². The molecular weight excluding hydrogens is 757 g/mol. The van der Waals surface area contributed by atoms with Crippen molar-refractivity contribution in [3.8, 4) is 17.0 Å². The van der Waals surface area contributed by atoms with Crippen molar-refractivity contribution in [1.82, 2.24) is 19.4 Å². The van der Waals surface area contributed by atoms with Crippen LogP contribution in [0.2, 0.25) is 5.02 Å². The number of pyridine rings is 1. The summed E-state index contributed by atoms with van der Waals surface area (Å²) in [6.07, 6.45) is -1.79. The molecule has 14 heteroatoms. The predicted molar refractivity (Wildman–Crippen MR) is 213 cm³/mol. The first-order valence-electron chi connectivity index (χ1n) is 18.9. The first-order chi connectivity index (χ1) is 27.3. The molecule has 3 aliphatic rings. The summed E-state index contributed by atoms with van der Waals surface area (Å²) in [4.78, 5) is 41.9. The van der Waals surface area contributed by atoms with Gasteiger partial charge in [0, 0.05) is 73.3 Å². The molecular formula is C43H42ClF3N6O4. The van der Waals surface area contributed by atoms with Gasteiger partial charge in [0.15, 0.2) is 0 Å². The summed E-state index contributed by atoms with van der Waals surface area (Å²) < 4.78 is 50.1. The summed E-state index contributed by atoms with van der Waals surface area (Å²) in [7, 11) is 1.93. The molecule has 2 amide bonds. The number of phenolic OH excluding ortho intramolecular Hbond substituents is 1. The van der Waals surface area contributed by atoms with Crippen LogP contribution in [-0.2, 0) is 30.7 Å². The molecule has 3 aromatic carbocycles. The maximum Gasteiger partial charge on any atom is 0.406 e. The molecule has 0 bridgehead atoms. The van der Waals surface area contributed by atoms with Gasteiger partial charge < -0.3 is 24.2 Å². The fraction of sp³-hybridized carbons (Fsp3) is 0.326. The van der Waals surface area contributed by atoms with Gasteiger partial charge in [0.05, 0.1) is 36.4 Å². The van der Waals surface area contributed by atoms with Crippen LogP contribution in [0.15, 0.2) is 85.1 Å². The smallest absolute Gasteiger partial charge is 0.406 e. The molecule has 0 saturated carbocycles. The lowest BCUT2D eigenvalue weighted by atomic mass is 9.92. The zero-order valence-electron chi connectivity index (χ0n) is 31.6. The van der Waals surface area contributed by atoms with Crippen molar-refractivity contribution in [3.05, 3.63) is 124 Å². The highest BCUT2D eigenvalue weighted by Crippen LogP contribution is 2.39. The van der Waals surface area contributed by atoms with Crippen molar-refractivity contribution in [3.63, 3.8) is 0 Å². The largest absolute Gasteiger partial charge is 0.508 e. The minimum absolute atomic E-state index is 0.00425. The number of benzene rings is 3. The minimum Gasteiger partial charge on any atom is -0.508 e. The van der Waals surface area contributed by atoms with Gasteiger partial charge in [0.25, 0.3) is 11.8 Å². The van der Waals surface area contributed by atoms with Crippen molar-refractivity contribution in [2.75, 3.05) is 56.2 Å². The third kappa shape index (κ3) is 7.83. The first-order valence-corrected chi connectivity index (χ1v) is 19.3. The highest BCUT2D eigenvalue weighted by molar-refractivity contribution is 6.31. The number of amides is 2. The van der Waals surface area contributed by atoms with Gasteiger partial charge in [-0.1, -0.05) is 35.9 Å². The number of hydrogen-bond acceptors (Lipinski definition) is 7. The lowest BCUT2D eigenvalue weighted by molar-refractivity contribution is -0.140. The van der Waals surface area contributed by atoms with Gasteiger partial charge in [0.2, 0.25) is 0 Å². The second-order valence-corrected chi connectivity index (χ2v) is 15.3. The van der Waals surface area contributed by atoms with Crippen LogP contribution < -0.4 is 9.80 Å². The Bertz CT molecular complexity index is 2320. The number of ether oxygens (including phenoxy) is 1. The van der Waals surface area contributed by atoms with E-state index in [0.29, 0.717) is 50.5 Å². The van der Waals surface area contributed by atoms with Crippen LogP contribution in [0.5, 0.6) is 5.75 Å². The third-order valence-corrected chi connectivity index (χ3v) is 11.4. The Morgan fingerprint density at radius 3 is 2.40 bits per heavy atom. The van der Waals surface area contributed by atoms with Crippen molar-refractivity contribution in [2.24, 2.45) is 0 Å². The number of aromatic nitrogens is 2. The molecule has 1 N–H and O–H groups in total. The Morgan fingerprint density at radius 1 is 0.930 bits per heavy atom. The number of fused-ring (bicyclic) bond motifs is 2. The maximum atomic E-state index is 14.9. The molecule has 5 aromatic rings. The topological polar surface area (TPSA) is 94.4 Å². The van der Waals surface area contributed by atoms with E-state index in [1.54, 1.807) is 30.5 Å². The molecule has 0 unspecified atom stereocenters. The SMILES string of the molecule is Cc1c(C(=O)N(c2ccc(O)cc2)c2cnc3c(c2)CCN3C)cc(-c2cc(Cl)ccc2C(=O)N2Cc3ccccc3C[C@H]2CN2CCOCC2)n1CC(F)(F)F. The van der Waals surface area contributed by atoms with Crippen LogP contribution in [-0.4, -0.2) is 94.9 Å². The molecule has 2 aromatic heterocycles. The van der Waals surface area contributed by atoms with Gasteiger partial charge in [-0.25, -0.2) is 4.98 Å². The molecule has 0 radical (unpaired) electrons. The number of morpholine rings is 1. The number of likely N-dealkylation sites (N-methyl/N-ethyl adjacent to an activating group) is 1. The summed E-state index contributed by atoms with van der Waals surface area (Å²) in [6.45, 7) is 4.39. The molecule has 3 aliphatic heterocycles. The van der Waals surface area contributed by atoms with E-state index in [2.05, 4.69) is 16.0 Å². The maximum absolute atomic E-state index is 14.9. The molecule has 1 fully saturated rings. The number of hydrogen-bond donors (Lipinski definition) is 1. The average Bonchev–Trinajstić information content (AvgIpc) is 3.72. The molecule has 5 heterocycles. The highest BCUT2D eigenvalue weighted by atomic mass is 35.5. The number of anilines is 3. The summed E-state index contributed by atoms with van der Waals surface area (Å²) in [6, 6.07) is 21.7. The van der Waals surface area contributed by atoms with Crippen molar-refractivity contribution in [2.45, 2.75) is 45.1 Å². The predicted octanol–water partition coefficient (Wildman–Crippen LogP) is 7.65. The number of halogens is 4. The normalized spacial score (nSPS) is 17.1. The lowest BCUT2D eigenvalue weighted by Gasteiger charge is -2.40. The van der Waals surface area contributed by atoms with E-state index >= 15 is 0 Å². The Hall–Kier alpha value is -5.37. The second-order valence-electron chi connectivity index (χ2n) is 14.9. The van der Waals surface area contributed by atoms with Crippen LogP contribution in [0, 0.1) is 6.92 Å². The molecule has 0 spiro atoms. The van der Waals surface area contributed by atoms with E-state index in [4.69, 9.17) is 16.3 Å². The fourth-order valence-corrected chi connectivity index (χ4v) is 8.42. The molecule has 296 valence electrons. The Balaban J connectivity index is 1.23. The molecule has 10 nitrogen and oxygen atoms in total. The van der Waals surface area contributed by atoms with Crippen LogP contribution >= 0.6 is 11.6 Å². The lowest BCUT2D eigenvalue weighted by Crippen LogP contribution is -2.52. The summed E-state index contributed by atoms with van der Waals surface area (Å²) >= 11 is 6.58. The van der Waals surface area contributed by atoms with Gasteiger partial charge >= 0.3 is 6.18 Å². The quantitative estimate of drug-likeness (QED) is 0.173. The van der Waals surface area contributed by atoms with Crippen molar-refractivity contribution in [1.29, 1.82) is 0 Å². The molecule has 1 saturated heterocycles. The molecule has 1 atom stereocenters. The number of carbonyl (C=O) groups excluding carboxylic acids is 2. The summed E-state index contributed by atoms with van der Waals surface area (Å²) in [5.41, 5.74) is 4.31. The van der Waals surface area contributed by atoms with Gasteiger partial charge in [0.1, 0.15) is 18.1 Å². The number of nitrogens with zero attached hydrogens (tertiary/aromatic N) is 6. The van der Waals surface area contributed by atoms with E-state index in [-0.39, 0.29) is 50.8 Å². The Labute approximate surface area is 333 Å². The number of alkyl halides is 3. The van der Waals surface area contributed by atoms with Gasteiger partial charge in [-0.05, 0) is 91.1 Å². The van der Waals surface area contributed by atoms with Crippen LogP contribution in [0.3, 0.4) is 0 Å². The number of aromatic hydroxyl groups is 1. The Kier molecular flexibility index (Phi) is 10.5. The number of rotatable bonds is 8. The monoisotopic (exact) mass is 798 g/mol. The van der Waals surface area contributed by atoms with Crippen LogP contribution in [0.1, 0.15) is 43.1 Å². The van der Waals surface area contributed by atoms with E-state index in [1.807, 2.05) is 41.1 Å². The molecule has 0 aliphatic carbocycles. The van der Waals surface area contributed by atoms with Crippen LogP contribution in [0.25, 0.3) is 11.3 Å². The van der Waals surface area contributed by atoms with E-state index < -0.39 is 18.6 Å². The van der Waals surface area contributed by atoms with Crippen molar-refractivity contribution >= 4 is 40.6 Å². The van der Waals surface area contributed by atoms with Crippen molar-refractivity contribution < 1.29 is 32.6 Å². The third-order valence-electron chi connectivity index (χ3n) is 11.2. The minimum atomic E-state index is -4.67.